The number of nitrogens with zero attached hydrogens (tertiary/aromatic N) is 1. The highest BCUT2D eigenvalue weighted by Gasteiger charge is 2.14. The summed E-state index contributed by atoms with van der Waals surface area (Å²) in [7, 11) is 0. The number of furan rings is 1. The summed E-state index contributed by atoms with van der Waals surface area (Å²) in [5.74, 6) is 0.127. The molecule has 1 aromatic heterocycles. The van der Waals surface area contributed by atoms with Crippen molar-refractivity contribution in [2.45, 2.75) is 6.92 Å². The molecule has 0 saturated heterocycles. The number of hydrogen-bond acceptors (Lipinski definition) is 4. The molecule has 0 radical (unpaired) electrons. The lowest BCUT2D eigenvalue weighted by atomic mass is 10.1. The molecule has 0 atom stereocenters. The van der Waals surface area contributed by atoms with E-state index in [0.29, 0.717) is 28.3 Å². The van der Waals surface area contributed by atoms with Gasteiger partial charge < -0.3 is 9.73 Å². The second-order valence-corrected chi connectivity index (χ2v) is 6.85. The van der Waals surface area contributed by atoms with Crippen LogP contribution < -0.4 is 5.32 Å². The zero-order chi connectivity index (χ0) is 21.0. The first-order valence-corrected chi connectivity index (χ1v) is 9.23. The van der Waals surface area contributed by atoms with Gasteiger partial charge in [0.05, 0.1) is 15.7 Å². The summed E-state index contributed by atoms with van der Waals surface area (Å²) in [6, 6.07) is 17.0. The molecule has 7 heteroatoms. The lowest BCUT2D eigenvalue weighted by Gasteiger charge is -2.07. The summed E-state index contributed by atoms with van der Waals surface area (Å²) in [5.41, 5.74) is 1.41. The molecule has 144 valence electrons. The number of nitrogens with one attached hydrogen (secondary N) is 1. The Morgan fingerprint density at radius 2 is 1.86 bits per heavy atom. The van der Waals surface area contributed by atoms with Gasteiger partial charge in [0.25, 0.3) is 5.91 Å². The summed E-state index contributed by atoms with van der Waals surface area (Å²) in [6.45, 7) is 1.49. The van der Waals surface area contributed by atoms with Gasteiger partial charge in [0.1, 0.15) is 23.2 Å². The van der Waals surface area contributed by atoms with E-state index in [-0.39, 0.29) is 21.4 Å². The fraction of sp³-hybridized carbons (Fsp3) is 0.0455. The van der Waals surface area contributed by atoms with E-state index in [1.807, 2.05) is 6.07 Å². The van der Waals surface area contributed by atoms with Gasteiger partial charge in [0, 0.05) is 17.2 Å². The van der Waals surface area contributed by atoms with Crippen LogP contribution in [0, 0.1) is 11.3 Å². The van der Waals surface area contributed by atoms with Crippen LogP contribution in [0.15, 0.2) is 64.6 Å². The smallest absolute Gasteiger partial charge is 0.266 e. The number of nitriles is 1. The van der Waals surface area contributed by atoms with Crippen LogP contribution in [-0.4, -0.2) is 11.7 Å². The zero-order valence-corrected chi connectivity index (χ0v) is 16.7. The maximum atomic E-state index is 12.4. The van der Waals surface area contributed by atoms with E-state index >= 15 is 0 Å². The van der Waals surface area contributed by atoms with Crippen molar-refractivity contribution in [2.75, 3.05) is 5.32 Å². The van der Waals surface area contributed by atoms with Crippen molar-refractivity contribution in [3.05, 3.63) is 81.5 Å². The highest BCUT2D eigenvalue weighted by Crippen LogP contribution is 2.30. The minimum absolute atomic E-state index is 0.0540. The number of ketones is 1. The van der Waals surface area contributed by atoms with Gasteiger partial charge in [-0.1, -0.05) is 47.5 Å². The Morgan fingerprint density at radius 1 is 1.10 bits per heavy atom. The first-order chi connectivity index (χ1) is 13.9. The molecule has 0 unspecified atom stereocenters. The van der Waals surface area contributed by atoms with Gasteiger partial charge in [0.15, 0.2) is 5.78 Å². The van der Waals surface area contributed by atoms with Crippen LogP contribution in [0.2, 0.25) is 10.0 Å². The van der Waals surface area contributed by atoms with Crippen LogP contribution in [0.3, 0.4) is 0 Å². The first-order valence-electron chi connectivity index (χ1n) is 8.47. The number of amides is 1. The minimum Gasteiger partial charge on any atom is -0.457 e. The van der Waals surface area contributed by atoms with Crippen LogP contribution in [0.4, 0.5) is 5.69 Å². The number of carbonyl (C=O) groups is 2. The molecule has 0 aliphatic rings. The van der Waals surface area contributed by atoms with Crippen LogP contribution >= 0.6 is 23.2 Å². The molecule has 0 aliphatic carbocycles. The second-order valence-electron chi connectivity index (χ2n) is 6.06. The SMILES string of the molecule is CC(=O)c1cccc(-c2ccc(/C=C(/C#N)C(=O)Nc3cccc(Cl)c3Cl)o2)c1. The Kier molecular flexibility index (Phi) is 6.18. The van der Waals surface area contributed by atoms with E-state index in [4.69, 9.17) is 27.6 Å². The highest BCUT2D eigenvalue weighted by atomic mass is 35.5. The predicted molar refractivity (Wildman–Crippen MR) is 113 cm³/mol. The van der Waals surface area contributed by atoms with Gasteiger partial charge in [-0.25, -0.2) is 0 Å². The van der Waals surface area contributed by atoms with Crippen molar-refractivity contribution in [1.82, 2.24) is 0 Å². The minimum atomic E-state index is -0.645. The average molecular weight is 425 g/mol. The predicted octanol–water partition coefficient (Wildman–Crippen LogP) is 6.00. The third kappa shape index (κ3) is 4.75. The largest absolute Gasteiger partial charge is 0.457 e. The summed E-state index contributed by atoms with van der Waals surface area (Å²) < 4.78 is 5.71. The first kappa shape index (κ1) is 20.4. The lowest BCUT2D eigenvalue weighted by Crippen LogP contribution is -2.13. The molecule has 0 fully saturated rings. The quantitative estimate of drug-likeness (QED) is 0.309. The number of anilines is 1. The molecule has 0 saturated carbocycles. The standard InChI is InChI=1S/C22H14Cl2N2O3/c1-13(27)14-4-2-5-15(10-14)20-9-8-17(29-20)11-16(12-25)22(28)26-19-7-3-6-18(23)21(19)24/h2-11H,1H3,(H,26,28)/b16-11-. The third-order valence-corrected chi connectivity index (χ3v) is 4.85. The number of benzene rings is 2. The van der Waals surface area contributed by atoms with Gasteiger partial charge in [-0.2, -0.15) is 5.26 Å². The van der Waals surface area contributed by atoms with Crippen LogP contribution in [0.1, 0.15) is 23.0 Å². The van der Waals surface area contributed by atoms with Gasteiger partial charge in [-0.3, -0.25) is 9.59 Å². The molecular formula is C22H14Cl2N2O3. The van der Waals surface area contributed by atoms with Crippen molar-refractivity contribution in [1.29, 1.82) is 5.26 Å². The molecule has 0 bridgehead atoms. The third-order valence-electron chi connectivity index (χ3n) is 4.03. The Morgan fingerprint density at radius 3 is 2.59 bits per heavy atom. The van der Waals surface area contributed by atoms with Crippen molar-refractivity contribution in [3.8, 4) is 17.4 Å². The van der Waals surface area contributed by atoms with Crippen molar-refractivity contribution >= 4 is 46.7 Å². The van der Waals surface area contributed by atoms with Gasteiger partial charge in [0.2, 0.25) is 0 Å². The molecule has 1 N–H and O–H groups in total. The summed E-state index contributed by atoms with van der Waals surface area (Å²) in [4.78, 5) is 24.0. The normalized spacial score (nSPS) is 11.0. The number of rotatable bonds is 5. The Bertz CT molecular complexity index is 1170. The van der Waals surface area contributed by atoms with Crippen LogP contribution in [0.25, 0.3) is 17.4 Å². The van der Waals surface area contributed by atoms with Crippen LogP contribution in [-0.2, 0) is 4.79 Å². The lowest BCUT2D eigenvalue weighted by molar-refractivity contribution is -0.112. The van der Waals surface area contributed by atoms with E-state index in [1.165, 1.54) is 13.0 Å². The molecule has 2 aromatic carbocycles. The van der Waals surface area contributed by atoms with E-state index in [2.05, 4.69) is 5.32 Å². The summed E-state index contributed by atoms with van der Waals surface area (Å²) in [5, 5.41) is 12.4. The molecule has 3 rings (SSSR count). The summed E-state index contributed by atoms with van der Waals surface area (Å²) >= 11 is 12.0. The van der Waals surface area contributed by atoms with Gasteiger partial charge in [-0.05, 0) is 37.3 Å². The number of carbonyl (C=O) groups excluding carboxylic acids is 2. The van der Waals surface area contributed by atoms with Crippen LogP contribution in [0.5, 0.6) is 0 Å². The molecule has 1 amide bonds. The van der Waals surface area contributed by atoms with Crippen molar-refractivity contribution < 1.29 is 14.0 Å². The fourth-order valence-electron chi connectivity index (χ4n) is 2.56. The molecule has 1 heterocycles. The Labute approximate surface area is 177 Å². The molecule has 29 heavy (non-hydrogen) atoms. The number of Topliss-reactive ketones (excluding diaryl/α,β-unsaturated/α-hetero) is 1. The zero-order valence-electron chi connectivity index (χ0n) is 15.2. The second kappa shape index (κ2) is 8.78. The molecule has 0 spiro atoms. The fourth-order valence-corrected chi connectivity index (χ4v) is 2.91. The van der Waals surface area contributed by atoms with E-state index < -0.39 is 5.91 Å². The highest BCUT2D eigenvalue weighted by molar-refractivity contribution is 6.44. The van der Waals surface area contributed by atoms with E-state index in [9.17, 15) is 14.9 Å². The molecule has 0 aliphatic heterocycles. The van der Waals surface area contributed by atoms with E-state index in [1.54, 1.807) is 54.6 Å². The average Bonchev–Trinajstić information content (AvgIpc) is 3.18. The molecule has 5 nitrogen and oxygen atoms in total. The molecule has 3 aromatic rings. The van der Waals surface area contributed by atoms with Gasteiger partial charge >= 0.3 is 0 Å². The van der Waals surface area contributed by atoms with Gasteiger partial charge in [-0.15, -0.1) is 0 Å². The number of halogens is 2. The Balaban J connectivity index is 1.84. The number of hydrogen-bond donors (Lipinski definition) is 1. The maximum absolute atomic E-state index is 12.4. The van der Waals surface area contributed by atoms with E-state index in [0.717, 1.165) is 0 Å². The van der Waals surface area contributed by atoms with Crippen molar-refractivity contribution in [2.24, 2.45) is 0 Å². The van der Waals surface area contributed by atoms with Crippen molar-refractivity contribution in [3.63, 3.8) is 0 Å². The maximum Gasteiger partial charge on any atom is 0.266 e. The summed E-state index contributed by atoms with van der Waals surface area (Å²) in [6.07, 6.45) is 1.33. The molecular weight excluding hydrogens is 411 g/mol. The topological polar surface area (TPSA) is 83.1 Å². The monoisotopic (exact) mass is 424 g/mol. The Hall–Kier alpha value is -3.33.